The van der Waals surface area contributed by atoms with Crippen LogP contribution in [0.2, 0.25) is 0 Å². The number of aliphatic imine (C=N–C) groups is 1. The summed E-state index contributed by atoms with van der Waals surface area (Å²) in [6, 6.07) is 15.5. The van der Waals surface area contributed by atoms with E-state index in [1.54, 1.807) is 6.34 Å². The average molecular weight is 284 g/mol. The van der Waals surface area contributed by atoms with Gasteiger partial charge in [-0.3, -0.25) is 0 Å². The molecule has 0 fully saturated rings. The van der Waals surface area contributed by atoms with Crippen LogP contribution >= 0.6 is 0 Å². The second-order valence-corrected chi connectivity index (χ2v) is 4.23. The first-order valence-electron chi connectivity index (χ1n) is 7.07. The molecule has 0 bridgehead atoms. The summed E-state index contributed by atoms with van der Waals surface area (Å²) in [7, 11) is 0. The summed E-state index contributed by atoms with van der Waals surface area (Å²) >= 11 is 0. The van der Waals surface area contributed by atoms with Gasteiger partial charge in [-0.25, -0.2) is 4.99 Å². The predicted molar refractivity (Wildman–Crippen MR) is 87.0 cm³/mol. The van der Waals surface area contributed by atoms with Crippen LogP contribution in [0.3, 0.4) is 0 Å². The molecule has 0 aliphatic heterocycles. The van der Waals surface area contributed by atoms with Crippen LogP contribution in [0.5, 0.6) is 11.5 Å². The molecule has 0 unspecified atom stereocenters. The quantitative estimate of drug-likeness (QED) is 0.610. The zero-order chi connectivity index (χ0) is 14.9. The Kier molecular flexibility index (Phi) is 5.64. The van der Waals surface area contributed by atoms with E-state index < -0.39 is 0 Å². The van der Waals surface area contributed by atoms with Crippen molar-refractivity contribution in [2.24, 2.45) is 4.99 Å². The monoisotopic (exact) mass is 284 g/mol. The van der Waals surface area contributed by atoms with Crippen LogP contribution < -0.4 is 14.8 Å². The number of hydrogen-bond acceptors (Lipinski definition) is 3. The minimum atomic E-state index is 0.618. The van der Waals surface area contributed by atoms with Gasteiger partial charge in [-0.15, -0.1) is 0 Å². The Hall–Kier alpha value is -2.49. The first kappa shape index (κ1) is 14.9. The van der Waals surface area contributed by atoms with Crippen LogP contribution in [-0.2, 0) is 0 Å². The summed E-state index contributed by atoms with van der Waals surface area (Å²) < 4.78 is 11.1. The van der Waals surface area contributed by atoms with Crippen molar-refractivity contribution < 1.29 is 9.47 Å². The van der Waals surface area contributed by atoms with Gasteiger partial charge >= 0.3 is 0 Å². The van der Waals surface area contributed by atoms with E-state index in [1.165, 1.54) is 0 Å². The first-order chi connectivity index (χ1) is 10.3. The Bertz CT molecular complexity index is 597. The molecule has 0 heterocycles. The molecule has 0 amide bonds. The Morgan fingerprint density at radius 2 is 1.52 bits per heavy atom. The van der Waals surface area contributed by atoms with Gasteiger partial charge in [0.25, 0.3) is 0 Å². The lowest BCUT2D eigenvalue weighted by Crippen LogP contribution is -2.00. The van der Waals surface area contributed by atoms with Gasteiger partial charge in [-0.05, 0) is 38.1 Å². The van der Waals surface area contributed by atoms with Gasteiger partial charge < -0.3 is 14.8 Å². The molecule has 0 saturated carbocycles. The molecular formula is C17H20N2O2. The first-order valence-corrected chi connectivity index (χ1v) is 7.07. The Morgan fingerprint density at radius 3 is 2.29 bits per heavy atom. The lowest BCUT2D eigenvalue weighted by molar-refractivity contribution is 0.341. The van der Waals surface area contributed by atoms with Crippen LogP contribution in [0.1, 0.15) is 13.8 Å². The molecule has 0 aliphatic rings. The molecule has 0 saturated heterocycles. The zero-order valence-electron chi connectivity index (χ0n) is 12.4. The van der Waals surface area contributed by atoms with Crippen molar-refractivity contribution >= 4 is 17.7 Å². The van der Waals surface area contributed by atoms with E-state index in [2.05, 4.69) is 10.3 Å². The molecule has 2 rings (SSSR count). The van der Waals surface area contributed by atoms with Crippen molar-refractivity contribution in [2.45, 2.75) is 13.8 Å². The minimum Gasteiger partial charge on any atom is -0.492 e. The van der Waals surface area contributed by atoms with Gasteiger partial charge in [0.1, 0.15) is 17.2 Å². The maximum atomic E-state index is 5.55. The zero-order valence-corrected chi connectivity index (χ0v) is 12.4. The molecule has 2 aromatic carbocycles. The van der Waals surface area contributed by atoms with Gasteiger partial charge in [-0.2, -0.15) is 0 Å². The fraction of sp³-hybridized carbons (Fsp3) is 0.235. The highest BCUT2D eigenvalue weighted by Crippen LogP contribution is 2.27. The molecule has 2 aromatic rings. The highest BCUT2D eigenvalue weighted by atomic mass is 16.5. The molecule has 110 valence electrons. The van der Waals surface area contributed by atoms with Gasteiger partial charge in [0, 0.05) is 0 Å². The third-order valence-electron chi connectivity index (χ3n) is 2.78. The Balaban J connectivity index is 2.09. The molecule has 0 atom stereocenters. The molecule has 21 heavy (non-hydrogen) atoms. The number of para-hydroxylation sites is 4. The van der Waals surface area contributed by atoms with Gasteiger partial charge in [-0.1, -0.05) is 24.3 Å². The maximum absolute atomic E-state index is 5.55. The number of ether oxygens (including phenoxy) is 2. The molecule has 4 nitrogen and oxygen atoms in total. The average Bonchev–Trinajstić information content (AvgIpc) is 2.51. The van der Waals surface area contributed by atoms with Crippen molar-refractivity contribution in [2.75, 3.05) is 18.5 Å². The van der Waals surface area contributed by atoms with Gasteiger partial charge in [0.2, 0.25) is 0 Å². The number of hydrogen-bond donors (Lipinski definition) is 1. The van der Waals surface area contributed by atoms with Crippen molar-refractivity contribution in [3.05, 3.63) is 48.5 Å². The lowest BCUT2D eigenvalue weighted by atomic mass is 10.3. The number of nitrogens with one attached hydrogen (secondary N) is 1. The molecule has 4 heteroatoms. The number of benzene rings is 2. The molecule has 0 aromatic heterocycles. The minimum absolute atomic E-state index is 0.618. The number of rotatable bonds is 7. The smallest absolute Gasteiger partial charge is 0.144 e. The van der Waals surface area contributed by atoms with E-state index >= 15 is 0 Å². The van der Waals surface area contributed by atoms with Crippen molar-refractivity contribution in [1.82, 2.24) is 0 Å². The normalized spacial score (nSPS) is 10.6. The number of anilines is 1. The summed E-state index contributed by atoms with van der Waals surface area (Å²) in [6.07, 6.45) is 1.65. The molecular weight excluding hydrogens is 264 g/mol. The van der Waals surface area contributed by atoms with E-state index in [0.717, 1.165) is 22.9 Å². The molecule has 0 radical (unpaired) electrons. The number of nitrogens with zero attached hydrogens (tertiary/aromatic N) is 1. The van der Waals surface area contributed by atoms with E-state index in [4.69, 9.17) is 9.47 Å². The summed E-state index contributed by atoms with van der Waals surface area (Å²) in [5.41, 5.74) is 1.68. The van der Waals surface area contributed by atoms with E-state index in [0.29, 0.717) is 13.2 Å². The fourth-order valence-electron chi connectivity index (χ4n) is 1.88. The summed E-state index contributed by atoms with van der Waals surface area (Å²) in [5, 5.41) is 3.14. The van der Waals surface area contributed by atoms with Gasteiger partial charge in [0.05, 0.1) is 25.2 Å². The van der Waals surface area contributed by atoms with Crippen LogP contribution in [0, 0.1) is 0 Å². The third-order valence-corrected chi connectivity index (χ3v) is 2.78. The van der Waals surface area contributed by atoms with Crippen LogP contribution in [-0.4, -0.2) is 19.6 Å². The van der Waals surface area contributed by atoms with E-state index in [9.17, 15) is 0 Å². The van der Waals surface area contributed by atoms with Crippen LogP contribution in [0.25, 0.3) is 0 Å². The summed E-state index contributed by atoms with van der Waals surface area (Å²) in [6.45, 7) is 5.16. The Morgan fingerprint density at radius 1 is 0.905 bits per heavy atom. The topological polar surface area (TPSA) is 42.8 Å². The summed E-state index contributed by atoms with van der Waals surface area (Å²) in [4.78, 5) is 4.40. The highest BCUT2D eigenvalue weighted by molar-refractivity contribution is 5.81. The Labute approximate surface area is 125 Å². The van der Waals surface area contributed by atoms with Crippen molar-refractivity contribution in [3.8, 4) is 11.5 Å². The second-order valence-electron chi connectivity index (χ2n) is 4.23. The molecule has 1 N–H and O–H groups in total. The van der Waals surface area contributed by atoms with Crippen LogP contribution in [0.15, 0.2) is 53.5 Å². The van der Waals surface area contributed by atoms with E-state index in [-0.39, 0.29) is 0 Å². The third kappa shape index (κ3) is 4.24. The summed E-state index contributed by atoms with van der Waals surface area (Å²) in [5.74, 6) is 1.58. The fourth-order valence-corrected chi connectivity index (χ4v) is 1.88. The lowest BCUT2D eigenvalue weighted by Gasteiger charge is -2.09. The second kappa shape index (κ2) is 7.94. The largest absolute Gasteiger partial charge is 0.492 e. The van der Waals surface area contributed by atoms with Gasteiger partial charge in [0.15, 0.2) is 0 Å². The maximum Gasteiger partial charge on any atom is 0.144 e. The van der Waals surface area contributed by atoms with Crippen molar-refractivity contribution in [1.29, 1.82) is 0 Å². The molecule has 0 spiro atoms. The molecule has 0 aliphatic carbocycles. The predicted octanol–water partition coefficient (Wildman–Crippen LogP) is 4.26. The van der Waals surface area contributed by atoms with Crippen molar-refractivity contribution in [3.63, 3.8) is 0 Å². The van der Waals surface area contributed by atoms with E-state index in [1.807, 2.05) is 62.4 Å². The van der Waals surface area contributed by atoms with Crippen LogP contribution in [0.4, 0.5) is 11.4 Å². The SMILES string of the molecule is CCOc1ccccc1N=CNc1ccccc1OCC. The standard InChI is InChI=1S/C17H20N2O2/c1-3-20-16-11-7-5-9-14(16)18-13-19-15-10-6-8-12-17(15)21-4-2/h5-13H,3-4H2,1-2H3,(H,18,19). The highest BCUT2D eigenvalue weighted by Gasteiger charge is 2.01.